The van der Waals surface area contributed by atoms with Gasteiger partial charge < -0.3 is 5.32 Å². The van der Waals surface area contributed by atoms with Crippen molar-refractivity contribution in [3.63, 3.8) is 0 Å². The lowest BCUT2D eigenvalue weighted by molar-refractivity contribution is -0.123. The molecule has 3 rings (SSSR count). The maximum absolute atomic E-state index is 12.4. The molecule has 2 heterocycles. The minimum atomic E-state index is 0.0670. The highest BCUT2D eigenvalue weighted by atomic mass is 16.1. The second-order valence-corrected chi connectivity index (χ2v) is 7.54. The Morgan fingerprint density at radius 1 is 1.27 bits per heavy atom. The summed E-state index contributed by atoms with van der Waals surface area (Å²) in [6.07, 6.45) is 4.93. The summed E-state index contributed by atoms with van der Waals surface area (Å²) in [6, 6.07) is 10.2. The zero-order valence-electron chi connectivity index (χ0n) is 16.1. The van der Waals surface area contributed by atoms with Gasteiger partial charge in [-0.15, -0.1) is 0 Å². The van der Waals surface area contributed by atoms with Crippen molar-refractivity contribution < 1.29 is 4.79 Å². The van der Waals surface area contributed by atoms with Crippen LogP contribution in [0.25, 0.3) is 0 Å². The molecule has 1 aliphatic heterocycles. The van der Waals surface area contributed by atoms with E-state index >= 15 is 0 Å². The molecule has 1 amide bonds. The van der Waals surface area contributed by atoms with Gasteiger partial charge in [0.1, 0.15) is 0 Å². The lowest BCUT2D eigenvalue weighted by atomic mass is 9.92. The Kier molecular flexibility index (Phi) is 6.09. The molecule has 1 aliphatic rings. The number of nitrogens with zero attached hydrogens (tertiary/aromatic N) is 3. The highest BCUT2D eigenvalue weighted by Gasteiger charge is 2.23. The number of benzene rings is 1. The standard InChI is InChI=1S/C21H30N4O/c1-16(19-7-5-4-6-8-19)22-21(26)13-18-9-11-25(12-10-18)15-20-14-24(3)23-17(20)2/h4-8,14,16,18H,9-13,15H2,1-3H3,(H,22,26). The predicted octanol–water partition coefficient (Wildman–Crippen LogP) is 3.21. The third kappa shape index (κ3) is 4.94. The normalized spacial score (nSPS) is 17.2. The van der Waals surface area contributed by atoms with Crippen LogP contribution in [0, 0.1) is 12.8 Å². The molecule has 0 spiro atoms. The fourth-order valence-electron chi connectivity index (χ4n) is 3.78. The highest BCUT2D eigenvalue weighted by Crippen LogP contribution is 2.23. The molecule has 1 atom stereocenters. The van der Waals surface area contributed by atoms with E-state index in [1.807, 2.05) is 36.9 Å². The number of piperidine rings is 1. The molecule has 1 saturated heterocycles. The second kappa shape index (κ2) is 8.49. The number of nitrogens with one attached hydrogen (secondary N) is 1. The van der Waals surface area contributed by atoms with E-state index in [4.69, 9.17) is 0 Å². The molecule has 0 radical (unpaired) electrons. The first-order chi connectivity index (χ1) is 12.5. The summed E-state index contributed by atoms with van der Waals surface area (Å²) in [5, 5.41) is 7.56. The summed E-state index contributed by atoms with van der Waals surface area (Å²) in [7, 11) is 1.97. The van der Waals surface area contributed by atoms with E-state index < -0.39 is 0 Å². The lowest BCUT2D eigenvalue weighted by Crippen LogP contribution is -2.36. The number of likely N-dealkylation sites (tertiary alicyclic amines) is 1. The summed E-state index contributed by atoms with van der Waals surface area (Å²) in [6.45, 7) is 7.19. The molecular formula is C21H30N4O. The van der Waals surface area contributed by atoms with Gasteiger partial charge in [0.25, 0.3) is 0 Å². The Hall–Kier alpha value is -2.14. The smallest absolute Gasteiger partial charge is 0.220 e. The number of aryl methyl sites for hydroxylation is 2. The van der Waals surface area contributed by atoms with Gasteiger partial charge >= 0.3 is 0 Å². The van der Waals surface area contributed by atoms with E-state index in [1.165, 1.54) is 5.56 Å². The van der Waals surface area contributed by atoms with Crippen LogP contribution in [0.1, 0.15) is 49.0 Å². The molecule has 2 aromatic rings. The number of hydrogen-bond acceptors (Lipinski definition) is 3. The zero-order valence-corrected chi connectivity index (χ0v) is 16.1. The monoisotopic (exact) mass is 354 g/mol. The van der Waals surface area contributed by atoms with E-state index in [-0.39, 0.29) is 11.9 Å². The summed E-state index contributed by atoms with van der Waals surface area (Å²) in [5.74, 6) is 0.659. The molecule has 0 bridgehead atoms. The summed E-state index contributed by atoms with van der Waals surface area (Å²) < 4.78 is 1.88. The second-order valence-electron chi connectivity index (χ2n) is 7.54. The van der Waals surface area contributed by atoms with Crippen molar-refractivity contribution in [2.45, 2.75) is 45.7 Å². The minimum Gasteiger partial charge on any atom is -0.350 e. The number of aromatic nitrogens is 2. The highest BCUT2D eigenvalue weighted by molar-refractivity contribution is 5.76. The molecule has 1 aromatic heterocycles. The van der Waals surface area contributed by atoms with Crippen LogP contribution in [0.2, 0.25) is 0 Å². The van der Waals surface area contributed by atoms with Crippen molar-refractivity contribution in [1.82, 2.24) is 20.0 Å². The first-order valence-electron chi connectivity index (χ1n) is 9.57. The number of hydrogen-bond donors (Lipinski definition) is 1. The van der Waals surface area contributed by atoms with Gasteiger partial charge in [0.05, 0.1) is 11.7 Å². The summed E-state index contributed by atoms with van der Waals surface area (Å²) in [4.78, 5) is 14.9. The first-order valence-corrected chi connectivity index (χ1v) is 9.57. The molecular weight excluding hydrogens is 324 g/mol. The molecule has 1 aromatic carbocycles. The molecule has 5 nitrogen and oxygen atoms in total. The van der Waals surface area contributed by atoms with Gasteiger partial charge in [-0.2, -0.15) is 5.10 Å². The predicted molar refractivity (Wildman–Crippen MR) is 104 cm³/mol. The Morgan fingerprint density at radius 2 is 1.96 bits per heavy atom. The molecule has 140 valence electrons. The Bertz CT molecular complexity index is 717. The van der Waals surface area contributed by atoms with Gasteiger partial charge in [-0.05, 0) is 51.3 Å². The van der Waals surface area contributed by atoms with Crippen molar-refractivity contribution in [2.75, 3.05) is 13.1 Å². The third-order valence-electron chi connectivity index (χ3n) is 5.37. The van der Waals surface area contributed by atoms with E-state index in [0.29, 0.717) is 12.3 Å². The average molecular weight is 354 g/mol. The van der Waals surface area contributed by atoms with Crippen molar-refractivity contribution in [1.29, 1.82) is 0 Å². The molecule has 5 heteroatoms. The van der Waals surface area contributed by atoms with Crippen LogP contribution in [0.15, 0.2) is 36.5 Å². The van der Waals surface area contributed by atoms with Gasteiger partial charge in [-0.3, -0.25) is 14.4 Å². The van der Waals surface area contributed by atoms with Gasteiger partial charge in [0, 0.05) is 31.8 Å². The Labute approximate surface area is 156 Å². The molecule has 1 N–H and O–H groups in total. The Balaban J connectivity index is 1.42. The maximum atomic E-state index is 12.4. The van der Waals surface area contributed by atoms with E-state index in [1.54, 1.807) is 0 Å². The van der Waals surface area contributed by atoms with E-state index in [0.717, 1.165) is 43.7 Å². The van der Waals surface area contributed by atoms with Crippen LogP contribution in [0.4, 0.5) is 0 Å². The van der Waals surface area contributed by atoms with Crippen molar-refractivity contribution in [2.24, 2.45) is 13.0 Å². The van der Waals surface area contributed by atoms with Crippen LogP contribution < -0.4 is 5.32 Å². The van der Waals surface area contributed by atoms with Crippen molar-refractivity contribution >= 4 is 5.91 Å². The SMILES string of the molecule is Cc1nn(C)cc1CN1CCC(CC(=O)NC(C)c2ccccc2)CC1. The average Bonchev–Trinajstić information content (AvgIpc) is 2.94. The van der Waals surface area contributed by atoms with Crippen molar-refractivity contribution in [3.05, 3.63) is 53.3 Å². The van der Waals surface area contributed by atoms with Crippen LogP contribution in [-0.2, 0) is 18.4 Å². The summed E-state index contributed by atoms with van der Waals surface area (Å²) in [5.41, 5.74) is 3.58. The molecule has 0 aliphatic carbocycles. The fraction of sp³-hybridized carbons (Fsp3) is 0.524. The van der Waals surface area contributed by atoms with Crippen LogP contribution in [0.5, 0.6) is 0 Å². The molecule has 1 unspecified atom stereocenters. The van der Waals surface area contributed by atoms with E-state index in [9.17, 15) is 4.79 Å². The summed E-state index contributed by atoms with van der Waals surface area (Å²) >= 11 is 0. The molecule has 26 heavy (non-hydrogen) atoms. The van der Waals surface area contributed by atoms with Gasteiger partial charge in [-0.1, -0.05) is 30.3 Å². The van der Waals surface area contributed by atoms with Crippen LogP contribution in [0.3, 0.4) is 0 Å². The number of rotatable bonds is 6. The zero-order chi connectivity index (χ0) is 18.5. The van der Waals surface area contributed by atoms with Crippen LogP contribution in [-0.4, -0.2) is 33.7 Å². The van der Waals surface area contributed by atoms with Gasteiger partial charge in [0.15, 0.2) is 0 Å². The minimum absolute atomic E-state index is 0.0670. The van der Waals surface area contributed by atoms with Crippen LogP contribution >= 0.6 is 0 Å². The third-order valence-corrected chi connectivity index (χ3v) is 5.37. The quantitative estimate of drug-likeness (QED) is 0.867. The van der Waals surface area contributed by atoms with Gasteiger partial charge in [0.2, 0.25) is 5.91 Å². The largest absolute Gasteiger partial charge is 0.350 e. The Morgan fingerprint density at radius 3 is 2.58 bits per heavy atom. The first kappa shape index (κ1) is 18.6. The lowest BCUT2D eigenvalue weighted by Gasteiger charge is -2.31. The maximum Gasteiger partial charge on any atom is 0.220 e. The molecule has 0 saturated carbocycles. The van der Waals surface area contributed by atoms with Gasteiger partial charge in [-0.25, -0.2) is 0 Å². The number of amides is 1. The van der Waals surface area contributed by atoms with Crippen molar-refractivity contribution in [3.8, 4) is 0 Å². The topological polar surface area (TPSA) is 50.2 Å². The van der Waals surface area contributed by atoms with E-state index in [2.05, 4.69) is 40.6 Å². The molecule has 1 fully saturated rings. The number of carbonyl (C=O) groups excluding carboxylic acids is 1. The number of carbonyl (C=O) groups is 1. The fourth-order valence-corrected chi connectivity index (χ4v) is 3.78.